The van der Waals surface area contributed by atoms with Crippen LogP contribution in [0, 0.1) is 12.7 Å². The third-order valence-electron chi connectivity index (χ3n) is 4.27. The van der Waals surface area contributed by atoms with Crippen molar-refractivity contribution >= 4 is 11.8 Å². The molecule has 146 valence electrons. The summed E-state index contributed by atoms with van der Waals surface area (Å²) in [5, 5.41) is 4.25. The van der Waals surface area contributed by atoms with Gasteiger partial charge in [-0.25, -0.2) is 13.9 Å². The van der Waals surface area contributed by atoms with Gasteiger partial charge in [0.2, 0.25) is 5.78 Å². The molecular formula is C21H16FN3O4. The molecule has 0 saturated heterocycles. The number of benzene rings is 1. The number of aromatic nitrogens is 3. The average molecular weight is 393 g/mol. The number of furan rings is 1. The van der Waals surface area contributed by atoms with Gasteiger partial charge in [0.1, 0.15) is 23.4 Å². The molecule has 0 amide bonds. The third kappa shape index (κ3) is 3.73. The maximum absolute atomic E-state index is 13.3. The van der Waals surface area contributed by atoms with Crippen LogP contribution in [0.1, 0.15) is 26.5 Å². The fraction of sp³-hybridized carbons (Fsp3) is 0.0952. The molecule has 0 aliphatic heterocycles. The molecule has 7 nitrogen and oxygen atoms in total. The molecule has 3 heterocycles. The molecule has 29 heavy (non-hydrogen) atoms. The number of hydrogen-bond donors (Lipinski definition) is 0. The fourth-order valence-corrected chi connectivity index (χ4v) is 2.86. The Hall–Kier alpha value is -3.94. The molecule has 0 radical (unpaired) electrons. The molecule has 0 N–H and O–H groups in total. The second kappa shape index (κ2) is 7.59. The van der Waals surface area contributed by atoms with Gasteiger partial charge in [0.15, 0.2) is 12.4 Å². The van der Waals surface area contributed by atoms with E-state index in [2.05, 4.69) is 5.10 Å². The summed E-state index contributed by atoms with van der Waals surface area (Å²) in [6.07, 6.45) is 6.16. The van der Waals surface area contributed by atoms with Crippen molar-refractivity contribution in [2.75, 3.05) is 6.61 Å². The van der Waals surface area contributed by atoms with Crippen molar-refractivity contribution < 1.29 is 23.1 Å². The normalized spacial score (nSPS) is 10.8. The standard InChI is InChI=1S/C21H16FN3O4/c1-14-10-15(12-28-14)19(26)13-29-21(27)18-11-23-25(17-6-4-16(22)5-7-17)20(18)24-8-2-3-9-24/h2-12H,13H2,1H3. The smallest absolute Gasteiger partial charge is 0.344 e. The van der Waals surface area contributed by atoms with Gasteiger partial charge in [-0.15, -0.1) is 0 Å². The lowest BCUT2D eigenvalue weighted by molar-refractivity contribution is 0.0474. The molecule has 0 aliphatic rings. The first-order chi connectivity index (χ1) is 14.0. The summed E-state index contributed by atoms with van der Waals surface area (Å²) in [4.78, 5) is 24.8. The number of ether oxygens (including phenoxy) is 1. The quantitative estimate of drug-likeness (QED) is 0.368. The molecule has 4 rings (SSSR count). The van der Waals surface area contributed by atoms with Crippen molar-refractivity contribution in [2.45, 2.75) is 6.92 Å². The monoisotopic (exact) mass is 393 g/mol. The van der Waals surface area contributed by atoms with Gasteiger partial charge in [0.25, 0.3) is 0 Å². The Morgan fingerprint density at radius 1 is 1.17 bits per heavy atom. The van der Waals surface area contributed by atoms with Crippen molar-refractivity contribution in [3.8, 4) is 11.5 Å². The van der Waals surface area contributed by atoms with Gasteiger partial charge in [0, 0.05) is 12.4 Å². The predicted molar refractivity (Wildman–Crippen MR) is 101 cm³/mol. The minimum absolute atomic E-state index is 0.168. The molecule has 8 heteroatoms. The second-order valence-corrected chi connectivity index (χ2v) is 6.31. The van der Waals surface area contributed by atoms with Crippen molar-refractivity contribution in [1.29, 1.82) is 0 Å². The van der Waals surface area contributed by atoms with Crippen LogP contribution >= 0.6 is 0 Å². The lowest BCUT2D eigenvalue weighted by Gasteiger charge is -2.10. The van der Waals surface area contributed by atoms with E-state index in [-0.39, 0.29) is 17.2 Å². The van der Waals surface area contributed by atoms with Crippen LogP contribution in [0.4, 0.5) is 4.39 Å². The van der Waals surface area contributed by atoms with Crippen molar-refractivity contribution in [1.82, 2.24) is 14.3 Å². The van der Waals surface area contributed by atoms with Crippen molar-refractivity contribution in [3.05, 3.63) is 90.0 Å². The summed E-state index contributed by atoms with van der Waals surface area (Å²) in [7, 11) is 0. The number of rotatable bonds is 6. The Balaban J connectivity index is 1.62. The number of carbonyl (C=O) groups is 2. The number of ketones is 1. The van der Waals surface area contributed by atoms with E-state index in [1.54, 1.807) is 54.2 Å². The first-order valence-electron chi connectivity index (χ1n) is 8.75. The number of Topliss-reactive ketones (excluding diaryl/α,β-unsaturated/α-hetero) is 1. The van der Waals surface area contributed by atoms with E-state index in [1.807, 2.05) is 0 Å². The van der Waals surface area contributed by atoms with Gasteiger partial charge >= 0.3 is 5.97 Å². The summed E-state index contributed by atoms with van der Waals surface area (Å²) < 4.78 is 26.8. The van der Waals surface area contributed by atoms with Crippen molar-refractivity contribution in [2.24, 2.45) is 0 Å². The number of hydrogen-bond acceptors (Lipinski definition) is 5. The summed E-state index contributed by atoms with van der Waals surface area (Å²) in [5.74, 6) is -0.441. The van der Waals surface area contributed by atoms with E-state index < -0.39 is 12.6 Å². The van der Waals surface area contributed by atoms with Crippen LogP contribution in [0.15, 0.2) is 71.7 Å². The number of aryl methyl sites for hydroxylation is 1. The van der Waals surface area contributed by atoms with E-state index in [0.29, 0.717) is 22.8 Å². The number of carbonyl (C=O) groups excluding carboxylic acids is 2. The fourth-order valence-electron chi connectivity index (χ4n) is 2.86. The maximum atomic E-state index is 13.3. The SMILES string of the molecule is Cc1cc(C(=O)COC(=O)c2cnn(-c3ccc(F)cc3)c2-n2cccc2)co1. The predicted octanol–water partition coefficient (Wildman–Crippen LogP) is 3.74. The van der Waals surface area contributed by atoms with E-state index in [9.17, 15) is 14.0 Å². The molecule has 4 aromatic rings. The number of halogens is 1. The van der Waals surface area contributed by atoms with E-state index in [0.717, 1.165) is 0 Å². The summed E-state index contributed by atoms with van der Waals surface area (Å²) in [6, 6.07) is 10.9. The van der Waals surface area contributed by atoms with E-state index in [4.69, 9.17) is 9.15 Å². The van der Waals surface area contributed by atoms with Crippen LogP contribution < -0.4 is 0 Å². The Morgan fingerprint density at radius 2 is 1.90 bits per heavy atom. The van der Waals surface area contributed by atoms with Crippen LogP contribution in [0.3, 0.4) is 0 Å². The Kier molecular flexibility index (Phi) is 4.82. The maximum Gasteiger partial charge on any atom is 0.344 e. The summed E-state index contributed by atoms with van der Waals surface area (Å²) in [5.41, 5.74) is 1.07. The Labute approximate surface area is 164 Å². The lowest BCUT2D eigenvalue weighted by atomic mass is 10.2. The minimum atomic E-state index is -0.698. The molecule has 0 atom stereocenters. The first kappa shape index (κ1) is 18.4. The molecule has 0 aliphatic carbocycles. The first-order valence-corrected chi connectivity index (χ1v) is 8.75. The molecule has 1 aromatic carbocycles. The second-order valence-electron chi connectivity index (χ2n) is 6.31. The third-order valence-corrected chi connectivity index (χ3v) is 4.27. The molecule has 0 spiro atoms. The topological polar surface area (TPSA) is 79.3 Å². The Bertz CT molecular complexity index is 1160. The molecule has 0 unspecified atom stereocenters. The molecule has 3 aromatic heterocycles. The van der Waals surface area contributed by atoms with Gasteiger partial charge in [-0.3, -0.25) is 4.79 Å². The van der Waals surface area contributed by atoms with Gasteiger partial charge in [0.05, 0.1) is 17.4 Å². The molecule has 0 bridgehead atoms. The Morgan fingerprint density at radius 3 is 2.55 bits per heavy atom. The van der Waals surface area contributed by atoms with Gasteiger partial charge in [-0.05, 0) is 49.4 Å². The van der Waals surface area contributed by atoms with Crippen LogP contribution in [0.25, 0.3) is 11.5 Å². The molecular weight excluding hydrogens is 377 g/mol. The van der Waals surface area contributed by atoms with Crippen LogP contribution in [0.5, 0.6) is 0 Å². The highest BCUT2D eigenvalue weighted by Gasteiger charge is 2.22. The minimum Gasteiger partial charge on any atom is -0.469 e. The molecule has 0 saturated carbocycles. The van der Waals surface area contributed by atoms with Crippen LogP contribution in [-0.2, 0) is 4.74 Å². The average Bonchev–Trinajstić information content (AvgIpc) is 3.46. The van der Waals surface area contributed by atoms with Crippen LogP contribution in [-0.4, -0.2) is 32.7 Å². The van der Waals surface area contributed by atoms with Crippen molar-refractivity contribution in [3.63, 3.8) is 0 Å². The molecule has 0 fully saturated rings. The largest absolute Gasteiger partial charge is 0.469 e. The van der Waals surface area contributed by atoms with Crippen LogP contribution in [0.2, 0.25) is 0 Å². The van der Waals surface area contributed by atoms with E-state index >= 15 is 0 Å². The highest BCUT2D eigenvalue weighted by atomic mass is 19.1. The lowest BCUT2D eigenvalue weighted by Crippen LogP contribution is -2.15. The number of esters is 1. The van der Waals surface area contributed by atoms with Gasteiger partial charge in [-0.1, -0.05) is 0 Å². The van der Waals surface area contributed by atoms with E-state index in [1.165, 1.54) is 29.3 Å². The summed E-state index contributed by atoms with van der Waals surface area (Å²) >= 11 is 0. The highest BCUT2D eigenvalue weighted by molar-refractivity contribution is 6.00. The zero-order valence-corrected chi connectivity index (χ0v) is 15.4. The van der Waals surface area contributed by atoms with Gasteiger partial charge < -0.3 is 13.7 Å². The zero-order valence-electron chi connectivity index (χ0n) is 15.4. The summed E-state index contributed by atoms with van der Waals surface area (Å²) in [6.45, 7) is 1.29. The number of nitrogens with zero attached hydrogens (tertiary/aromatic N) is 3. The zero-order chi connectivity index (χ0) is 20.4. The highest BCUT2D eigenvalue weighted by Crippen LogP contribution is 2.21. The van der Waals surface area contributed by atoms with Gasteiger partial charge in [-0.2, -0.15) is 5.10 Å².